The van der Waals surface area contributed by atoms with Crippen molar-refractivity contribution in [1.82, 2.24) is 4.90 Å². The molecule has 1 aliphatic heterocycles. The SMILES string of the molecule is CC1CC(N2CCCCC2)C1. The first-order valence-electron chi connectivity index (χ1n) is 5.10. The number of hydrogen-bond acceptors (Lipinski definition) is 1. The summed E-state index contributed by atoms with van der Waals surface area (Å²) in [6, 6.07) is 0.977. The van der Waals surface area contributed by atoms with E-state index in [4.69, 9.17) is 0 Å². The predicted octanol–water partition coefficient (Wildman–Crippen LogP) is 2.27. The average Bonchev–Trinajstić information content (AvgIpc) is 2.01. The zero-order valence-electron chi connectivity index (χ0n) is 7.55. The highest BCUT2D eigenvalue weighted by Gasteiger charge is 2.30. The second-order valence-corrected chi connectivity index (χ2v) is 4.33. The lowest BCUT2D eigenvalue weighted by atomic mass is 9.80. The van der Waals surface area contributed by atoms with Gasteiger partial charge in [-0.15, -0.1) is 0 Å². The van der Waals surface area contributed by atoms with Gasteiger partial charge in [-0.25, -0.2) is 0 Å². The minimum Gasteiger partial charge on any atom is -0.300 e. The van der Waals surface area contributed by atoms with Crippen molar-refractivity contribution < 1.29 is 0 Å². The monoisotopic (exact) mass is 153 g/mol. The normalized spacial score (nSPS) is 40.1. The largest absolute Gasteiger partial charge is 0.300 e. The van der Waals surface area contributed by atoms with Crippen molar-refractivity contribution in [3.63, 3.8) is 0 Å². The van der Waals surface area contributed by atoms with Crippen molar-refractivity contribution in [2.75, 3.05) is 13.1 Å². The molecule has 0 N–H and O–H groups in total. The fourth-order valence-electron chi connectivity index (χ4n) is 2.44. The van der Waals surface area contributed by atoms with E-state index < -0.39 is 0 Å². The molecule has 1 nitrogen and oxygen atoms in total. The van der Waals surface area contributed by atoms with Crippen LogP contribution >= 0.6 is 0 Å². The number of piperidine rings is 1. The van der Waals surface area contributed by atoms with Crippen molar-refractivity contribution >= 4 is 0 Å². The lowest BCUT2D eigenvalue weighted by Gasteiger charge is -2.43. The van der Waals surface area contributed by atoms with E-state index >= 15 is 0 Å². The Morgan fingerprint density at radius 1 is 1.00 bits per heavy atom. The Hall–Kier alpha value is -0.0400. The number of hydrogen-bond donors (Lipinski definition) is 0. The van der Waals surface area contributed by atoms with Gasteiger partial charge in [0.25, 0.3) is 0 Å². The maximum Gasteiger partial charge on any atom is 0.0100 e. The topological polar surface area (TPSA) is 3.24 Å². The number of likely N-dealkylation sites (tertiary alicyclic amines) is 1. The molecule has 0 bridgehead atoms. The molecule has 0 aromatic heterocycles. The van der Waals surface area contributed by atoms with E-state index in [1.54, 1.807) is 0 Å². The van der Waals surface area contributed by atoms with Crippen LogP contribution in [0.5, 0.6) is 0 Å². The molecule has 0 spiro atoms. The number of rotatable bonds is 1. The van der Waals surface area contributed by atoms with Crippen molar-refractivity contribution in [2.24, 2.45) is 5.92 Å². The molecule has 11 heavy (non-hydrogen) atoms. The zero-order chi connectivity index (χ0) is 7.68. The van der Waals surface area contributed by atoms with Crippen molar-refractivity contribution in [3.8, 4) is 0 Å². The van der Waals surface area contributed by atoms with Crippen LogP contribution in [-0.4, -0.2) is 24.0 Å². The Balaban J connectivity index is 1.76. The average molecular weight is 153 g/mol. The standard InChI is InChI=1S/C10H19N/c1-9-7-10(8-9)11-5-3-2-4-6-11/h9-10H,2-8H2,1H3. The fraction of sp³-hybridized carbons (Fsp3) is 1.00. The summed E-state index contributed by atoms with van der Waals surface area (Å²) >= 11 is 0. The third-order valence-electron chi connectivity index (χ3n) is 3.26. The molecule has 1 saturated carbocycles. The molecule has 1 aliphatic carbocycles. The van der Waals surface area contributed by atoms with Crippen LogP contribution < -0.4 is 0 Å². The summed E-state index contributed by atoms with van der Waals surface area (Å²) in [7, 11) is 0. The van der Waals surface area contributed by atoms with Gasteiger partial charge < -0.3 is 4.90 Å². The summed E-state index contributed by atoms with van der Waals surface area (Å²) in [5.41, 5.74) is 0. The highest BCUT2D eigenvalue weighted by molar-refractivity contribution is 4.85. The third-order valence-corrected chi connectivity index (χ3v) is 3.26. The Kier molecular flexibility index (Phi) is 2.17. The summed E-state index contributed by atoms with van der Waals surface area (Å²) < 4.78 is 0. The van der Waals surface area contributed by atoms with Gasteiger partial charge in [0.15, 0.2) is 0 Å². The van der Waals surface area contributed by atoms with Gasteiger partial charge in [-0.3, -0.25) is 0 Å². The molecule has 0 radical (unpaired) electrons. The molecule has 2 fully saturated rings. The molecule has 0 amide bonds. The van der Waals surface area contributed by atoms with E-state index in [-0.39, 0.29) is 0 Å². The molecule has 1 heteroatoms. The van der Waals surface area contributed by atoms with Crippen LogP contribution in [0.4, 0.5) is 0 Å². The first-order chi connectivity index (χ1) is 5.36. The zero-order valence-corrected chi connectivity index (χ0v) is 7.55. The van der Waals surface area contributed by atoms with Crippen LogP contribution in [0.3, 0.4) is 0 Å². The first-order valence-corrected chi connectivity index (χ1v) is 5.10. The predicted molar refractivity (Wildman–Crippen MR) is 47.6 cm³/mol. The Labute approximate surface area is 69.8 Å². The van der Waals surface area contributed by atoms with Gasteiger partial charge in [-0.05, 0) is 44.7 Å². The van der Waals surface area contributed by atoms with Gasteiger partial charge in [-0.1, -0.05) is 13.3 Å². The van der Waals surface area contributed by atoms with Crippen LogP contribution in [0.25, 0.3) is 0 Å². The fourth-order valence-corrected chi connectivity index (χ4v) is 2.44. The minimum absolute atomic E-state index is 0.977. The first kappa shape index (κ1) is 7.60. The molecule has 0 aromatic carbocycles. The molecule has 0 unspecified atom stereocenters. The van der Waals surface area contributed by atoms with E-state index in [0.717, 1.165) is 12.0 Å². The van der Waals surface area contributed by atoms with E-state index in [0.29, 0.717) is 0 Å². The second kappa shape index (κ2) is 3.14. The molecule has 1 saturated heterocycles. The van der Waals surface area contributed by atoms with Gasteiger partial charge in [0.2, 0.25) is 0 Å². The maximum absolute atomic E-state index is 2.71. The van der Waals surface area contributed by atoms with Crippen molar-refractivity contribution in [3.05, 3.63) is 0 Å². The van der Waals surface area contributed by atoms with Crippen LogP contribution in [-0.2, 0) is 0 Å². The van der Waals surface area contributed by atoms with E-state index in [1.165, 1.54) is 45.2 Å². The summed E-state index contributed by atoms with van der Waals surface area (Å²) in [5.74, 6) is 1.02. The molecular formula is C10H19N. The molecule has 0 aromatic rings. The summed E-state index contributed by atoms with van der Waals surface area (Å²) in [6.07, 6.45) is 7.31. The third kappa shape index (κ3) is 1.58. The molecule has 1 heterocycles. The second-order valence-electron chi connectivity index (χ2n) is 4.33. The van der Waals surface area contributed by atoms with Gasteiger partial charge >= 0.3 is 0 Å². The van der Waals surface area contributed by atoms with E-state index in [2.05, 4.69) is 11.8 Å². The highest BCUT2D eigenvalue weighted by atomic mass is 15.2. The van der Waals surface area contributed by atoms with Gasteiger partial charge in [-0.2, -0.15) is 0 Å². The van der Waals surface area contributed by atoms with Crippen molar-refractivity contribution in [2.45, 2.75) is 45.1 Å². The lowest BCUT2D eigenvalue weighted by molar-refractivity contribution is 0.0694. The molecular weight excluding hydrogens is 134 g/mol. The molecule has 2 rings (SSSR count). The minimum atomic E-state index is 0.977. The smallest absolute Gasteiger partial charge is 0.0100 e. The maximum atomic E-state index is 2.71. The van der Waals surface area contributed by atoms with E-state index in [1.807, 2.05) is 0 Å². The summed E-state index contributed by atoms with van der Waals surface area (Å²) in [5, 5.41) is 0. The van der Waals surface area contributed by atoms with Gasteiger partial charge in [0.05, 0.1) is 0 Å². The van der Waals surface area contributed by atoms with Crippen molar-refractivity contribution in [1.29, 1.82) is 0 Å². The van der Waals surface area contributed by atoms with Crippen LogP contribution in [0.15, 0.2) is 0 Å². The van der Waals surface area contributed by atoms with Crippen LogP contribution in [0.2, 0.25) is 0 Å². The molecule has 2 aliphatic rings. The molecule has 64 valence electrons. The van der Waals surface area contributed by atoms with Gasteiger partial charge in [0.1, 0.15) is 0 Å². The van der Waals surface area contributed by atoms with Crippen LogP contribution in [0.1, 0.15) is 39.0 Å². The quantitative estimate of drug-likeness (QED) is 0.558. The van der Waals surface area contributed by atoms with Crippen LogP contribution in [0, 0.1) is 5.92 Å². The Morgan fingerprint density at radius 3 is 2.18 bits per heavy atom. The van der Waals surface area contributed by atoms with E-state index in [9.17, 15) is 0 Å². The molecule has 0 atom stereocenters. The van der Waals surface area contributed by atoms with Gasteiger partial charge in [0, 0.05) is 6.04 Å². The summed E-state index contributed by atoms with van der Waals surface area (Å²) in [6.45, 7) is 5.15. The Bertz CT molecular complexity index is 121. The number of nitrogens with zero attached hydrogens (tertiary/aromatic N) is 1. The highest BCUT2D eigenvalue weighted by Crippen LogP contribution is 2.32. The summed E-state index contributed by atoms with van der Waals surface area (Å²) in [4.78, 5) is 2.71. The lowest BCUT2D eigenvalue weighted by Crippen LogP contribution is -2.46. The Morgan fingerprint density at radius 2 is 1.64 bits per heavy atom.